The number of benzene rings is 3. The zero-order chi connectivity index (χ0) is 19.5. The highest BCUT2D eigenvalue weighted by molar-refractivity contribution is 9.10. The van der Waals surface area contributed by atoms with Crippen molar-refractivity contribution in [3.05, 3.63) is 95.0 Å². The molecule has 0 aliphatic heterocycles. The van der Waals surface area contributed by atoms with Crippen LogP contribution < -0.4 is 0 Å². The second kappa shape index (κ2) is 7.93. The van der Waals surface area contributed by atoms with E-state index in [1.54, 1.807) is 60.7 Å². The van der Waals surface area contributed by atoms with Gasteiger partial charge in [-0.15, -0.1) is 0 Å². The predicted octanol–water partition coefficient (Wildman–Crippen LogP) is 4.03. The molecule has 0 unspecified atom stereocenters. The van der Waals surface area contributed by atoms with Crippen LogP contribution in [-0.4, -0.2) is 20.5 Å². The first-order valence-corrected chi connectivity index (χ1v) is 11.6. The van der Waals surface area contributed by atoms with Crippen LogP contribution in [0, 0.1) is 0 Å². The average Bonchev–Trinajstić information content (AvgIpc) is 2.68. The van der Waals surface area contributed by atoms with Gasteiger partial charge in [-0.2, -0.15) is 0 Å². The molecule has 0 bridgehead atoms. The van der Waals surface area contributed by atoms with Crippen molar-refractivity contribution >= 4 is 36.0 Å². The van der Waals surface area contributed by atoms with Gasteiger partial charge in [-0.25, -0.2) is 16.8 Å². The molecule has 0 atom stereocenters. The number of nitrogens with zero attached hydrogens (tertiary/aromatic N) is 1. The summed E-state index contributed by atoms with van der Waals surface area (Å²) in [6, 6.07) is 21.9. The highest BCUT2D eigenvalue weighted by atomic mass is 79.9. The van der Waals surface area contributed by atoms with E-state index in [9.17, 15) is 16.8 Å². The predicted molar refractivity (Wildman–Crippen MR) is 107 cm³/mol. The van der Waals surface area contributed by atoms with Crippen LogP contribution in [-0.2, 0) is 26.6 Å². The Labute approximate surface area is 167 Å². The van der Waals surface area contributed by atoms with Gasteiger partial charge in [-0.3, -0.25) is 0 Å². The normalized spacial score (nSPS) is 12.2. The Hall–Kier alpha value is -2.00. The summed E-state index contributed by atoms with van der Waals surface area (Å²) >= 11 is 3.31. The molecule has 140 valence electrons. The first-order valence-electron chi connectivity index (χ1n) is 7.94. The fraction of sp³-hybridized carbons (Fsp3) is 0.0526. The Morgan fingerprint density at radius 3 is 1.44 bits per heavy atom. The summed E-state index contributed by atoms with van der Waals surface area (Å²) in [5, 5.41) is 0. The second-order valence-electron chi connectivity index (χ2n) is 5.69. The highest BCUT2D eigenvalue weighted by Gasteiger charge is 2.36. The van der Waals surface area contributed by atoms with Gasteiger partial charge >= 0.3 is 0 Å². The smallest absolute Gasteiger partial charge is 0.206 e. The van der Waals surface area contributed by atoms with Gasteiger partial charge in [0.2, 0.25) is 0 Å². The molecule has 0 spiro atoms. The Bertz CT molecular complexity index is 1050. The lowest BCUT2D eigenvalue weighted by Crippen LogP contribution is -2.36. The van der Waals surface area contributed by atoms with E-state index < -0.39 is 20.0 Å². The molecule has 0 saturated heterocycles. The first-order chi connectivity index (χ1) is 12.8. The van der Waals surface area contributed by atoms with Crippen molar-refractivity contribution in [1.82, 2.24) is 3.71 Å². The van der Waals surface area contributed by atoms with Gasteiger partial charge < -0.3 is 0 Å². The fourth-order valence-corrected chi connectivity index (χ4v) is 6.38. The van der Waals surface area contributed by atoms with Crippen molar-refractivity contribution in [2.75, 3.05) is 0 Å². The van der Waals surface area contributed by atoms with Crippen molar-refractivity contribution < 1.29 is 16.8 Å². The Kier molecular flexibility index (Phi) is 5.81. The molecular weight excluding hydrogens is 450 g/mol. The van der Waals surface area contributed by atoms with Gasteiger partial charge in [0.25, 0.3) is 20.0 Å². The third-order valence-corrected chi connectivity index (χ3v) is 8.62. The lowest BCUT2D eigenvalue weighted by atomic mass is 10.2. The van der Waals surface area contributed by atoms with Crippen molar-refractivity contribution in [2.45, 2.75) is 16.3 Å². The molecular formula is C19H16BrNO4S2. The summed E-state index contributed by atoms with van der Waals surface area (Å²) in [6.07, 6.45) is 0. The van der Waals surface area contributed by atoms with Gasteiger partial charge in [0.05, 0.1) is 16.3 Å². The van der Waals surface area contributed by atoms with E-state index >= 15 is 0 Å². The zero-order valence-corrected chi connectivity index (χ0v) is 17.3. The average molecular weight is 466 g/mol. The van der Waals surface area contributed by atoms with Crippen molar-refractivity contribution in [3.8, 4) is 0 Å². The van der Waals surface area contributed by atoms with E-state index in [1.807, 2.05) is 0 Å². The summed E-state index contributed by atoms with van der Waals surface area (Å²) in [7, 11) is -8.56. The van der Waals surface area contributed by atoms with Crippen molar-refractivity contribution in [2.24, 2.45) is 0 Å². The van der Waals surface area contributed by atoms with Crippen LogP contribution in [0.25, 0.3) is 0 Å². The molecule has 5 nitrogen and oxygen atoms in total. The number of rotatable bonds is 6. The molecule has 0 aliphatic carbocycles. The topological polar surface area (TPSA) is 71.5 Å². The molecule has 0 heterocycles. The van der Waals surface area contributed by atoms with Crippen molar-refractivity contribution in [1.29, 1.82) is 0 Å². The molecule has 0 saturated carbocycles. The Balaban J connectivity index is 2.13. The fourth-order valence-electron chi connectivity index (χ4n) is 2.46. The van der Waals surface area contributed by atoms with Gasteiger partial charge in [0.15, 0.2) is 0 Å². The lowest BCUT2D eigenvalue weighted by molar-refractivity contribution is 0.494. The first kappa shape index (κ1) is 19.8. The Morgan fingerprint density at radius 2 is 1.04 bits per heavy atom. The quantitative estimate of drug-likeness (QED) is 0.550. The SMILES string of the molecule is O=S(=O)(c1ccccc1)N(Cc1ccc(Br)cc1)S(=O)(=O)c1ccccc1. The number of halogens is 1. The molecule has 0 aliphatic rings. The molecule has 0 fully saturated rings. The van der Waals surface area contributed by atoms with Crippen LogP contribution in [0.1, 0.15) is 5.56 Å². The molecule has 0 amide bonds. The zero-order valence-electron chi connectivity index (χ0n) is 14.1. The third kappa shape index (κ3) is 4.30. The van der Waals surface area contributed by atoms with E-state index in [0.29, 0.717) is 9.27 Å². The minimum absolute atomic E-state index is 0.0818. The molecule has 0 N–H and O–H groups in total. The minimum Gasteiger partial charge on any atom is -0.206 e. The minimum atomic E-state index is -4.28. The van der Waals surface area contributed by atoms with Gasteiger partial charge in [0, 0.05) is 4.47 Å². The molecule has 3 aromatic rings. The van der Waals surface area contributed by atoms with E-state index in [-0.39, 0.29) is 16.3 Å². The summed E-state index contributed by atoms with van der Waals surface area (Å²) in [5.41, 5.74) is 0.553. The van der Waals surface area contributed by atoms with E-state index in [2.05, 4.69) is 15.9 Å². The van der Waals surface area contributed by atoms with E-state index in [4.69, 9.17) is 0 Å². The molecule has 0 aromatic heterocycles. The van der Waals surface area contributed by atoms with Crippen LogP contribution in [0.5, 0.6) is 0 Å². The third-order valence-electron chi connectivity index (χ3n) is 3.84. The van der Waals surface area contributed by atoms with Crippen LogP contribution >= 0.6 is 15.9 Å². The monoisotopic (exact) mass is 465 g/mol. The lowest BCUT2D eigenvalue weighted by Gasteiger charge is -2.22. The van der Waals surface area contributed by atoms with Gasteiger partial charge in [-0.05, 0) is 42.0 Å². The number of hydrogen-bond acceptors (Lipinski definition) is 4. The van der Waals surface area contributed by atoms with Gasteiger partial charge in [-0.1, -0.05) is 68.2 Å². The van der Waals surface area contributed by atoms with Crippen LogP contribution in [0.3, 0.4) is 0 Å². The molecule has 3 aromatic carbocycles. The highest BCUT2D eigenvalue weighted by Crippen LogP contribution is 2.26. The number of hydrogen-bond donors (Lipinski definition) is 0. The molecule has 0 radical (unpaired) electrons. The molecule has 27 heavy (non-hydrogen) atoms. The van der Waals surface area contributed by atoms with Crippen LogP contribution in [0.2, 0.25) is 0 Å². The maximum atomic E-state index is 13.2. The summed E-state index contributed by atoms with van der Waals surface area (Å²) < 4.78 is 54.0. The maximum Gasteiger partial charge on any atom is 0.256 e. The summed E-state index contributed by atoms with van der Waals surface area (Å²) in [4.78, 5) is -0.164. The molecule has 8 heteroatoms. The summed E-state index contributed by atoms with van der Waals surface area (Å²) in [6.45, 7) is -0.304. The largest absolute Gasteiger partial charge is 0.256 e. The van der Waals surface area contributed by atoms with Crippen molar-refractivity contribution in [3.63, 3.8) is 0 Å². The van der Waals surface area contributed by atoms with Crippen LogP contribution in [0.4, 0.5) is 0 Å². The molecule has 3 rings (SSSR count). The standard InChI is InChI=1S/C19H16BrNO4S2/c20-17-13-11-16(12-14-17)15-21(26(22,23)18-7-3-1-4-8-18)27(24,25)19-9-5-2-6-10-19/h1-14H,15H2. The van der Waals surface area contributed by atoms with E-state index in [1.165, 1.54) is 24.3 Å². The maximum absolute atomic E-state index is 13.2. The number of sulfonamides is 2. The van der Waals surface area contributed by atoms with Crippen LogP contribution in [0.15, 0.2) is 99.2 Å². The second-order valence-corrected chi connectivity index (χ2v) is 10.6. The van der Waals surface area contributed by atoms with E-state index in [0.717, 1.165) is 4.47 Å². The van der Waals surface area contributed by atoms with Gasteiger partial charge in [0.1, 0.15) is 0 Å². The summed E-state index contributed by atoms with van der Waals surface area (Å²) in [5.74, 6) is 0. The Morgan fingerprint density at radius 1 is 0.630 bits per heavy atom.